The maximum Gasteiger partial charge on any atom is 0.192 e. The summed E-state index contributed by atoms with van der Waals surface area (Å²) in [4.78, 5) is 4.45. The Bertz CT molecular complexity index is 238. The zero-order valence-electron chi connectivity index (χ0n) is 6.73. The van der Waals surface area contributed by atoms with E-state index in [1.165, 1.54) is 11.3 Å². The van der Waals surface area contributed by atoms with E-state index in [1.54, 1.807) is 12.4 Å². The summed E-state index contributed by atoms with van der Waals surface area (Å²) in [6.45, 7) is 2.07. The third kappa shape index (κ3) is 2.01. The van der Waals surface area contributed by atoms with Crippen molar-refractivity contribution in [3.63, 3.8) is 0 Å². The minimum atomic E-state index is -0.954. The van der Waals surface area contributed by atoms with Gasteiger partial charge in [0.2, 0.25) is 0 Å². The van der Waals surface area contributed by atoms with Gasteiger partial charge in [0.15, 0.2) is 6.29 Å². The Morgan fingerprint density at radius 1 is 1.75 bits per heavy atom. The van der Waals surface area contributed by atoms with Gasteiger partial charge in [-0.1, -0.05) is 0 Å². The maximum absolute atomic E-state index is 9.36. The molecule has 0 saturated carbocycles. The van der Waals surface area contributed by atoms with Gasteiger partial charge >= 0.3 is 0 Å². The number of nitrogens with zero attached hydrogens (tertiary/aromatic N) is 1. The molecule has 1 aromatic heterocycles. The van der Waals surface area contributed by atoms with Crippen molar-refractivity contribution in [3.05, 3.63) is 16.1 Å². The van der Waals surface area contributed by atoms with Crippen LogP contribution < -0.4 is 0 Å². The first-order valence-electron chi connectivity index (χ1n) is 3.62. The molecule has 12 heavy (non-hydrogen) atoms. The molecule has 1 unspecified atom stereocenters. The zero-order chi connectivity index (χ0) is 8.97. The van der Waals surface area contributed by atoms with Crippen LogP contribution in [0.25, 0.3) is 0 Å². The van der Waals surface area contributed by atoms with Crippen LogP contribution in [0, 0.1) is 0 Å². The van der Waals surface area contributed by atoms with Crippen LogP contribution in [0.2, 0.25) is 0 Å². The molecule has 0 aliphatic heterocycles. The molecule has 0 radical (unpaired) electrons. The van der Waals surface area contributed by atoms with Crippen LogP contribution in [0.3, 0.4) is 0 Å². The van der Waals surface area contributed by atoms with Crippen LogP contribution in [0.4, 0.5) is 0 Å². The number of rotatable bonds is 4. The van der Waals surface area contributed by atoms with Gasteiger partial charge in [-0.3, -0.25) is 0 Å². The molecule has 0 aliphatic rings. The Kier molecular flexibility index (Phi) is 3.61. The molecule has 0 spiro atoms. The van der Waals surface area contributed by atoms with Gasteiger partial charge in [-0.2, -0.15) is 0 Å². The molecule has 1 heterocycles. The summed E-state index contributed by atoms with van der Waals surface area (Å²) in [6, 6.07) is 0. The molecular formula is C7H11NO3S. The standard InChI is InChI=1S/C7H11NO3S/c1-2-11-7(10)6-5(3-9)8-4-12-6/h4,7,9-10H,2-3H2,1H3. The van der Waals surface area contributed by atoms with E-state index in [1.807, 2.05) is 0 Å². The van der Waals surface area contributed by atoms with Crippen LogP contribution in [-0.4, -0.2) is 21.8 Å². The average Bonchev–Trinajstić information content (AvgIpc) is 2.51. The van der Waals surface area contributed by atoms with Crippen LogP contribution in [-0.2, 0) is 11.3 Å². The molecule has 0 amide bonds. The third-order valence-corrected chi connectivity index (χ3v) is 2.27. The van der Waals surface area contributed by atoms with Crippen molar-refractivity contribution in [1.29, 1.82) is 0 Å². The lowest BCUT2D eigenvalue weighted by Gasteiger charge is -2.08. The Labute approximate surface area is 74.5 Å². The van der Waals surface area contributed by atoms with Crippen molar-refractivity contribution in [2.45, 2.75) is 19.8 Å². The van der Waals surface area contributed by atoms with Crippen LogP contribution >= 0.6 is 11.3 Å². The second-order valence-electron chi connectivity index (χ2n) is 2.13. The van der Waals surface area contributed by atoms with E-state index in [4.69, 9.17) is 9.84 Å². The molecule has 0 bridgehead atoms. The minimum Gasteiger partial charge on any atom is -0.390 e. The van der Waals surface area contributed by atoms with Gasteiger partial charge in [-0.25, -0.2) is 4.98 Å². The van der Waals surface area contributed by atoms with E-state index < -0.39 is 6.29 Å². The smallest absolute Gasteiger partial charge is 0.192 e. The fourth-order valence-electron chi connectivity index (χ4n) is 0.831. The summed E-state index contributed by atoms with van der Waals surface area (Å²) in [7, 11) is 0. The van der Waals surface area contributed by atoms with Gasteiger partial charge in [-0.15, -0.1) is 11.3 Å². The number of aliphatic hydroxyl groups excluding tert-OH is 2. The number of thiazole rings is 1. The van der Waals surface area contributed by atoms with Gasteiger partial charge in [0, 0.05) is 6.61 Å². The predicted octanol–water partition coefficient (Wildman–Crippen LogP) is 0.663. The minimum absolute atomic E-state index is 0.164. The molecule has 68 valence electrons. The molecule has 0 fully saturated rings. The number of aromatic nitrogens is 1. The molecule has 1 aromatic rings. The average molecular weight is 189 g/mol. The zero-order valence-corrected chi connectivity index (χ0v) is 7.54. The topological polar surface area (TPSA) is 62.6 Å². The van der Waals surface area contributed by atoms with E-state index in [9.17, 15) is 5.11 Å². The van der Waals surface area contributed by atoms with E-state index in [0.29, 0.717) is 17.2 Å². The Morgan fingerprint density at radius 2 is 2.50 bits per heavy atom. The molecule has 5 heteroatoms. The highest BCUT2D eigenvalue weighted by Crippen LogP contribution is 2.22. The third-order valence-electron chi connectivity index (χ3n) is 1.37. The van der Waals surface area contributed by atoms with Crippen molar-refractivity contribution in [3.8, 4) is 0 Å². The molecule has 0 saturated heterocycles. The Hall–Kier alpha value is -0.490. The summed E-state index contributed by atoms with van der Waals surface area (Å²) < 4.78 is 4.94. The monoisotopic (exact) mass is 189 g/mol. The van der Waals surface area contributed by atoms with Crippen molar-refractivity contribution in [2.24, 2.45) is 0 Å². The van der Waals surface area contributed by atoms with Crippen LogP contribution in [0.15, 0.2) is 5.51 Å². The molecule has 0 aliphatic carbocycles. The number of hydrogen-bond donors (Lipinski definition) is 2. The Balaban J connectivity index is 2.71. The second-order valence-corrected chi connectivity index (χ2v) is 3.02. The largest absolute Gasteiger partial charge is 0.390 e. The van der Waals surface area contributed by atoms with Crippen LogP contribution in [0.5, 0.6) is 0 Å². The molecule has 2 N–H and O–H groups in total. The first kappa shape index (κ1) is 9.60. The van der Waals surface area contributed by atoms with Gasteiger partial charge in [0.1, 0.15) is 0 Å². The first-order chi connectivity index (χ1) is 5.79. The summed E-state index contributed by atoms with van der Waals surface area (Å²) in [5.41, 5.74) is 2.06. The lowest BCUT2D eigenvalue weighted by Crippen LogP contribution is -2.03. The molecule has 4 nitrogen and oxygen atoms in total. The fraction of sp³-hybridized carbons (Fsp3) is 0.571. The van der Waals surface area contributed by atoms with Gasteiger partial charge < -0.3 is 14.9 Å². The lowest BCUT2D eigenvalue weighted by atomic mass is 10.4. The van der Waals surface area contributed by atoms with Crippen molar-refractivity contribution in [1.82, 2.24) is 4.98 Å². The van der Waals surface area contributed by atoms with Crippen molar-refractivity contribution >= 4 is 11.3 Å². The lowest BCUT2D eigenvalue weighted by molar-refractivity contribution is -0.0965. The summed E-state index contributed by atoms with van der Waals surface area (Å²) >= 11 is 1.28. The summed E-state index contributed by atoms with van der Waals surface area (Å²) in [5.74, 6) is 0. The highest BCUT2D eigenvalue weighted by molar-refractivity contribution is 7.09. The maximum atomic E-state index is 9.36. The van der Waals surface area contributed by atoms with Crippen LogP contribution in [0.1, 0.15) is 23.8 Å². The van der Waals surface area contributed by atoms with E-state index in [0.717, 1.165) is 0 Å². The van der Waals surface area contributed by atoms with Crippen molar-refractivity contribution < 1.29 is 14.9 Å². The highest BCUT2D eigenvalue weighted by Gasteiger charge is 2.14. The van der Waals surface area contributed by atoms with E-state index in [-0.39, 0.29) is 6.61 Å². The number of ether oxygens (including phenoxy) is 1. The predicted molar refractivity (Wildman–Crippen MR) is 44.6 cm³/mol. The van der Waals surface area contributed by atoms with E-state index in [2.05, 4.69) is 4.98 Å². The SMILES string of the molecule is CCOC(O)c1scnc1CO. The Morgan fingerprint density at radius 3 is 3.08 bits per heavy atom. The number of aliphatic hydroxyl groups is 2. The summed E-state index contributed by atoms with van der Waals surface area (Å²) in [6.07, 6.45) is -0.954. The number of hydrogen-bond acceptors (Lipinski definition) is 5. The van der Waals surface area contributed by atoms with Gasteiger partial charge in [-0.05, 0) is 6.92 Å². The second kappa shape index (κ2) is 4.51. The molecule has 0 aromatic carbocycles. The quantitative estimate of drug-likeness (QED) is 0.683. The molecule has 1 rings (SSSR count). The molecule has 1 atom stereocenters. The normalized spacial score (nSPS) is 13.2. The highest BCUT2D eigenvalue weighted by atomic mass is 32.1. The van der Waals surface area contributed by atoms with E-state index >= 15 is 0 Å². The van der Waals surface area contributed by atoms with Gasteiger partial charge in [0.05, 0.1) is 22.7 Å². The molecular weight excluding hydrogens is 178 g/mol. The van der Waals surface area contributed by atoms with Crippen molar-refractivity contribution in [2.75, 3.05) is 6.61 Å². The first-order valence-corrected chi connectivity index (χ1v) is 4.50. The van der Waals surface area contributed by atoms with Gasteiger partial charge in [0.25, 0.3) is 0 Å². The fourth-order valence-corrected chi connectivity index (χ4v) is 1.56. The summed E-state index contributed by atoms with van der Waals surface area (Å²) in [5, 5.41) is 18.2.